The van der Waals surface area contributed by atoms with Crippen molar-refractivity contribution in [1.29, 1.82) is 0 Å². The van der Waals surface area contributed by atoms with Crippen molar-refractivity contribution >= 4 is 45.0 Å². The normalized spacial score (nSPS) is 10.8. The Kier molecular flexibility index (Phi) is 6.43. The Bertz CT molecular complexity index is 1060. The van der Waals surface area contributed by atoms with Gasteiger partial charge in [0.25, 0.3) is 5.56 Å². The van der Waals surface area contributed by atoms with Gasteiger partial charge in [-0.2, -0.15) is 0 Å². The van der Waals surface area contributed by atoms with E-state index in [1.165, 1.54) is 22.2 Å². The highest BCUT2D eigenvalue weighted by Gasteiger charge is 2.13. The van der Waals surface area contributed by atoms with E-state index in [2.05, 4.69) is 15.6 Å². The van der Waals surface area contributed by atoms with Crippen LogP contribution in [0.1, 0.15) is 13.3 Å². The largest absolute Gasteiger partial charge is 0.355 e. The first-order valence-corrected chi connectivity index (χ1v) is 9.95. The summed E-state index contributed by atoms with van der Waals surface area (Å²) in [6.45, 7) is 2.18. The predicted octanol–water partition coefficient (Wildman–Crippen LogP) is 2.42. The molecule has 146 valence electrons. The Balaban J connectivity index is 1.73. The van der Waals surface area contributed by atoms with Crippen LogP contribution in [0.15, 0.2) is 41.5 Å². The molecule has 2 N–H and O–H groups in total. The molecule has 0 aliphatic heterocycles. The number of hydrogen-bond donors (Lipinski definition) is 2. The van der Waals surface area contributed by atoms with Crippen LogP contribution in [0.25, 0.3) is 20.7 Å². The summed E-state index contributed by atoms with van der Waals surface area (Å²) in [7, 11) is 0. The van der Waals surface area contributed by atoms with Crippen molar-refractivity contribution in [1.82, 2.24) is 20.2 Å². The minimum absolute atomic E-state index is 0.122. The molecule has 0 unspecified atom stereocenters. The molecule has 3 aromatic rings. The van der Waals surface area contributed by atoms with Crippen LogP contribution >= 0.6 is 22.9 Å². The number of carbonyl (C=O) groups excluding carboxylic acids is 2. The van der Waals surface area contributed by atoms with Gasteiger partial charge in [0.15, 0.2) is 0 Å². The third kappa shape index (κ3) is 4.76. The number of rotatable bonds is 7. The summed E-state index contributed by atoms with van der Waals surface area (Å²) in [6, 6.07) is 9.17. The van der Waals surface area contributed by atoms with Crippen molar-refractivity contribution < 1.29 is 9.59 Å². The van der Waals surface area contributed by atoms with E-state index in [4.69, 9.17) is 11.6 Å². The van der Waals surface area contributed by atoms with Crippen LogP contribution in [0.2, 0.25) is 5.02 Å². The molecule has 3 rings (SSSR count). The molecule has 2 aromatic heterocycles. The Morgan fingerprint density at radius 2 is 1.93 bits per heavy atom. The van der Waals surface area contributed by atoms with Crippen LogP contribution in [-0.4, -0.2) is 34.5 Å². The average Bonchev–Trinajstić information content (AvgIpc) is 3.12. The number of benzene rings is 1. The zero-order valence-electron chi connectivity index (χ0n) is 15.2. The molecule has 7 nitrogen and oxygen atoms in total. The van der Waals surface area contributed by atoms with Gasteiger partial charge in [-0.05, 0) is 30.2 Å². The van der Waals surface area contributed by atoms with Gasteiger partial charge in [-0.1, -0.05) is 30.7 Å². The van der Waals surface area contributed by atoms with E-state index in [0.29, 0.717) is 21.8 Å². The fourth-order valence-corrected chi connectivity index (χ4v) is 3.72. The SMILES string of the molecule is CCCNC(=O)CNC(=O)Cn1cnc2cc(-c3ccc(Cl)cc3)sc2c1=O. The summed E-state index contributed by atoms with van der Waals surface area (Å²) in [5, 5.41) is 5.81. The molecule has 2 heterocycles. The van der Waals surface area contributed by atoms with Crippen LogP contribution in [0.5, 0.6) is 0 Å². The van der Waals surface area contributed by atoms with Gasteiger partial charge < -0.3 is 10.6 Å². The Morgan fingerprint density at radius 1 is 1.18 bits per heavy atom. The number of hydrogen-bond acceptors (Lipinski definition) is 5. The van der Waals surface area contributed by atoms with E-state index in [1.807, 2.05) is 25.1 Å². The monoisotopic (exact) mass is 418 g/mol. The lowest BCUT2D eigenvalue weighted by atomic mass is 10.2. The molecule has 0 spiro atoms. The number of fused-ring (bicyclic) bond motifs is 1. The van der Waals surface area contributed by atoms with Gasteiger partial charge in [0.1, 0.15) is 11.2 Å². The Hall–Kier alpha value is -2.71. The standard InChI is InChI=1S/C19H19ClN4O3S/c1-2-7-21-16(25)9-22-17(26)10-24-11-23-14-8-15(28-18(14)19(24)27)12-3-5-13(20)6-4-12/h3-6,8,11H,2,7,9-10H2,1H3,(H,21,25)(H,22,26). The molecule has 9 heteroatoms. The minimum Gasteiger partial charge on any atom is -0.355 e. The van der Waals surface area contributed by atoms with E-state index in [9.17, 15) is 14.4 Å². The molecular formula is C19H19ClN4O3S. The Labute approximate surface area is 170 Å². The average molecular weight is 419 g/mol. The van der Waals surface area contributed by atoms with Crippen LogP contribution in [0.3, 0.4) is 0 Å². The van der Waals surface area contributed by atoms with Crippen molar-refractivity contribution in [2.75, 3.05) is 13.1 Å². The number of thiophene rings is 1. The maximum Gasteiger partial charge on any atom is 0.271 e. The number of nitrogens with one attached hydrogen (secondary N) is 2. The van der Waals surface area contributed by atoms with E-state index >= 15 is 0 Å². The van der Waals surface area contributed by atoms with Gasteiger partial charge in [0.2, 0.25) is 11.8 Å². The fraction of sp³-hybridized carbons (Fsp3) is 0.263. The Morgan fingerprint density at radius 3 is 2.64 bits per heavy atom. The smallest absolute Gasteiger partial charge is 0.271 e. The third-order valence-electron chi connectivity index (χ3n) is 3.96. The molecule has 2 amide bonds. The second-order valence-corrected chi connectivity index (χ2v) is 7.62. The maximum atomic E-state index is 12.7. The fourth-order valence-electron chi connectivity index (χ4n) is 2.53. The summed E-state index contributed by atoms with van der Waals surface area (Å²) in [5.74, 6) is -0.689. The molecule has 0 aliphatic carbocycles. The second kappa shape index (κ2) is 8.99. The number of amides is 2. The first kappa shape index (κ1) is 20.0. The van der Waals surface area contributed by atoms with E-state index in [0.717, 1.165) is 16.9 Å². The zero-order chi connectivity index (χ0) is 20.1. The quantitative estimate of drug-likeness (QED) is 0.616. The third-order valence-corrected chi connectivity index (χ3v) is 5.38. The zero-order valence-corrected chi connectivity index (χ0v) is 16.8. The molecular weight excluding hydrogens is 400 g/mol. The lowest BCUT2D eigenvalue weighted by Gasteiger charge is -2.07. The lowest BCUT2D eigenvalue weighted by Crippen LogP contribution is -2.39. The highest BCUT2D eigenvalue weighted by Crippen LogP contribution is 2.31. The molecule has 0 radical (unpaired) electrons. The molecule has 0 saturated heterocycles. The summed E-state index contributed by atoms with van der Waals surface area (Å²) < 4.78 is 1.71. The number of aromatic nitrogens is 2. The van der Waals surface area contributed by atoms with Gasteiger partial charge >= 0.3 is 0 Å². The first-order valence-electron chi connectivity index (χ1n) is 8.76. The van der Waals surface area contributed by atoms with E-state index in [-0.39, 0.29) is 24.6 Å². The van der Waals surface area contributed by atoms with Crippen molar-refractivity contribution in [3.8, 4) is 10.4 Å². The van der Waals surface area contributed by atoms with Gasteiger partial charge in [-0.3, -0.25) is 19.0 Å². The molecule has 0 fully saturated rings. The molecule has 1 aromatic carbocycles. The van der Waals surface area contributed by atoms with Crippen LogP contribution in [0, 0.1) is 0 Å². The summed E-state index contributed by atoms with van der Waals surface area (Å²) >= 11 is 7.23. The minimum atomic E-state index is -0.427. The number of carbonyl (C=O) groups is 2. The predicted molar refractivity (Wildman–Crippen MR) is 111 cm³/mol. The van der Waals surface area contributed by atoms with Gasteiger partial charge in [-0.15, -0.1) is 11.3 Å². The van der Waals surface area contributed by atoms with E-state index in [1.54, 1.807) is 12.1 Å². The molecule has 0 bridgehead atoms. The molecule has 0 aliphatic rings. The summed E-state index contributed by atoms with van der Waals surface area (Å²) in [4.78, 5) is 41.5. The number of nitrogens with zero attached hydrogens (tertiary/aromatic N) is 2. The summed E-state index contributed by atoms with van der Waals surface area (Å²) in [5.41, 5.74) is 1.23. The molecule has 0 atom stereocenters. The van der Waals surface area contributed by atoms with E-state index < -0.39 is 5.91 Å². The van der Waals surface area contributed by atoms with Crippen molar-refractivity contribution in [3.63, 3.8) is 0 Å². The van der Waals surface area contributed by atoms with Gasteiger partial charge in [-0.25, -0.2) is 4.98 Å². The lowest BCUT2D eigenvalue weighted by molar-refractivity contribution is -0.126. The van der Waals surface area contributed by atoms with Crippen molar-refractivity contribution in [2.45, 2.75) is 19.9 Å². The van der Waals surface area contributed by atoms with Crippen molar-refractivity contribution in [3.05, 3.63) is 52.0 Å². The maximum absolute atomic E-state index is 12.7. The van der Waals surface area contributed by atoms with Crippen LogP contribution in [0.4, 0.5) is 0 Å². The van der Waals surface area contributed by atoms with Gasteiger partial charge in [0.05, 0.1) is 18.4 Å². The second-order valence-electron chi connectivity index (χ2n) is 6.14. The molecule has 0 saturated carbocycles. The van der Waals surface area contributed by atoms with Crippen molar-refractivity contribution in [2.24, 2.45) is 0 Å². The van der Waals surface area contributed by atoms with Gasteiger partial charge in [0, 0.05) is 16.4 Å². The summed E-state index contributed by atoms with van der Waals surface area (Å²) in [6.07, 6.45) is 2.17. The topological polar surface area (TPSA) is 93.1 Å². The highest BCUT2D eigenvalue weighted by atomic mass is 35.5. The molecule has 28 heavy (non-hydrogen) atoms. The van der Waals surface area contributed by atoms with Crippen LogP contribution < -0.4 is 16.2 Å². The highest BCUT2D eigenvalue weighted by molar-refractivity contribution is 7.22. The van der Waals surface area contributed by atoms with Crippen LogP contribution in [-0.2, 0) is 16.1 Å². The first-order chi connectivity index (χ1) is 13.5. The number of halogens is 1.